The van der Waals surface area contributed by atoms with E-state index in [9.17, 15) is 4.79 Å². The van der Waals surface area contributed by atoms with Gasteiger partial charge in [0.15, 0.2) is 5.65 Å². The summed E-state index contributed by atoms with van der Waals surface area (Å²) in [6.45, 7) is 0.376. The molecule has 8 nitrogen and oxygen atoms in total. The van der Waals surface area contributed by atoms with Crippen LogP contribution in [0.5, 0.6) is 0 Å². The Bertz CT molecular complexity index is 971. The number of nitrogens with one attached hydrogen (secondary N) is 2. The number of nitrogens with zero attached hydrogens (tertiary/aromatic N) is 5. The van der Waals surface area contributed by atoms with Gasteiger partial charge in [-0.2, -0.15) is 20.5 Å². The monoisotopic (exact) mass is 293 g/mol. The molecule has 3 heterocycles. The maximum absolute atomic E-state index is 12.2. The molecule has 8 heteroatoms. The SMILES string of the molecule is O=C(NCc1cccc2n[nH]nc12)c1ccn2ncnc2c1. The molecule has 0 aliphatic carbocycles. The van der Waals surface area contributed by atoms with Crippen molar-refractivity contribution in [3.63, 3.8) is 0 Å². The fourth-order valence-electron chi connectivity index (χ4n) is 2.30. The fourth-order valence-corrected chi connectivity index (χ4v) is 2.30. The zero-order chi connectivity index (χ0) is 14.9. The predicted octanol–water partition coefficient (Wildman–Crippen LogP) is 0.931. The Hall–Kier alpha value is -3.29. The number of rotatable bonds is 3. The minimum atomic E-state index is -0.175. The number of aromatic amines is 1. The fraction of sp³-hybridized carbons (Fsp3) is 0.0714. The van der Waals surface area contributed by atoms with Crippen LogP contribution < -0.4 is 5.32 Å². The molecular weight excluding hydrogens is 282 g/mol. The van der Waals surface area contributed by atoms with E-state index in [1.54, 1.807) is 22.8 Å². The second-order valence-electron chi connectivity index (χ2n) is 4.77. The highest BCUT2D eigenvalue weighted by atomic mass is 16.1. The van der Waals surface area contributed by atoms with Crippen LogP contribution in [0.2, 0.25) is 0 Å². The van der Waals surface area contributed by atoms with E-state index in [1.807, 2.05) is 18.2 Å². The second-order valence-corrected chi connectivity index (χ2v) is 4.77. The van der Waals surface area contributed by atoms with Gasteiger partial charge >= 0.3 is 0 Å². The largest absolute Gasteiger partial charge is 0.348 e. The molecule has 0 fully saturated rings. The summed E-state index contributed by atoms with van der Waals surface area (Å²) in [6, 6.07) is 9.05. The Labute approximate surface area is 124 Å². The van der Waals surface area contributed by atoms with Crippen LogP contribution in [0.4, 0.5) is 0 Å². The predicted molar refractivity (Wildman–Crippen MR) is 78.0 cm³/mol. The Morgan fingerprint density at radius 1 is 1.27 bits per heavy atom. The van der Waals surface area contributed by atoms with Crippen molar-refractivity contribution in [2.24, 2.45) is 0 Å². The average Bonchev–Trinajstić information content (AvgIpc) is 3.20. The number of carbonyl (C=O) groups excluding carboxylic acids is 1. The maximum Gasteiger partial charge on any atom is 0.251 e. The molecule has 0 spiro atoms. The number of hydrogen-bond donors (Lipinski definition) is 2. The Balaban J connectivity index is 1.55. The second kappa shape index (κ2) is 4.92. The van der Waals surface area contributed by atoms with Crippen LogP contribution in [0.1, 0.15) is 15.9 Å². The molecule has 0 aliphatic heterocycles. The number of pyridine rings is 1. The van der Waals surface area contributed by atoms with Crippen LogP contribution in [0.15, 0.2) is 42.9 Å². The lowest BCUT2D eigenvalue weighted by atomic mass is 10.1. The van der Waals surface area contributed by atoms with Crippen LogP contribution in [0.25, 0.3) is 16.7 Å². The molecule has 22 heavy (non-hydrogen) atoms. The van der Waals surface area contributed by atoms with E-state index in [2.05, 4.69) is 30.8 Å². The molecule has 1 amide bonds. The molecule has 4 aromatic rings. The number of aromatic nitrogens is 6. The van der Waals surface area contributed by atoms with Crippen molar-refractivity contribution in [2.75, 3.05) is 0 Å². The molecular formula is C14H11N7O. The summed E-state index contributed by atoms with van der Waals surface area (Å²) in [5.74, 6) is -0.175. The summed E-state index contributed by atoms with van der Waals surface area (Å²) < 4.78 is 1.60. The molecule has 0 saturated heterocycles. The van der Waals surface area contributed by atoms with E-state index in [-0.39, 0.29) is 5.91 Å². The van der Waals surface area contributed by atoms with Gasteiger partial charge in [-0.3, -0.25) is 4.79 Å². The van der Waals surface area contributed by atoms with E-state index in [0.717, 1.165) is 16.6 Å². The Morgan fingerprint density at radius 3 is 3.18 bits per heavy atom. The van der Waals surface area contributed by atoms with E-state index in [1.165, 1.54) is 6.33 Å². The third kappa shape index (κ3) is 2.06. The Kier molecular flexibility index (Phi) is 2.78. The van der Waals surface area contributed by atoms with E-state index in [4.69, 9.17) is 0 Å². The highest BCUT2D eigenvalue weighted by Crippen LogP contribution is 2.13. The first-order valence-electron chi connectivity index (χ1n) is 6.67. The van der Waals surface area contributed by atoms with Crippen molar-refractivity contribution in [3.05, 3.63) is 54.0 Å². The molecule has 0 saturated carbocycles. The summed E-state index contributed by atoms with van der Waals surface area (Å²) >= 11 is 0. The van der Waals surface area contributed by atoms with Crippen molar-refractivity contribution >= 4 is 22.6 Å². The van der Waals surface area contributed by atoms with Crippen molar-refractivity contribution in [1.29, 1.82) is 0 Å². The van der Waals surface area contributed by atoms with Crippen LogP contribution in [0.3, 0.4) is 0 Å². The zero-order valence-corrected chi connectivity index (χ0v) is 11.4. The molecule has 2 N–H and O–H groups in total. The lowest BCUT2D eigenvalue weighted by Crippen LogP contribution is -2.23. The number of fused-ring (bicyclic) bond motifs is 2. The van der Waals surface area contributed by atoms with Crippen LogP contribution in [-0.4, -0.2) is 35.9 Å². The zero-order valence-electron chi connectivity index (χ0n) is 11.4. The van der Waals surface area contributed by atoms with Crippen molar-refractivity contribution in [2.45, 2.75) is 6.54 Å². The first-order chi connectivity index (χ1) is 10.8. The highest BCUT2D eigenvalue weighted by Gasteiger charge is 2.09. The average molecular weight is 293 g/mol. The number of H-pyrrole nitrogens is 1. The molecule has 3 aromatic heterocycles. The molecule has 0 unspecified atom stereocenters. The van der Waals surface area contributed by atoms with E-state index < -0.39 is 0 Å². The van der Waals surface area contributed by atoms with E-state index in [0.29, 0.717) is 17.8 Å². The third-order valence-corrected chi connectivity index (χ3v) is 3.41. The quantitative estimate of drug-likeness (QED) is 0.585. The van der Waals surface area contributed by atoms with Gasteiger partial charge in [0.2, 0.25) is 0 Å². The van der Waals surface area contributed by atoms with Crippen LogP contribution in [-0.2, 0) is 6.54 Å². The molecule has 108 valence electrons. The molecule has 1 aromatic carbocycles. The summed E-state index contributed by atoms with van der Waals surface area (Å²) in [5, 5.41) is 17.6. The minimum absolute atomic E-state index is 0.175. The number of hydrogen-bond acceptors (Lipinski definition) is 5. The van der Waals surface area contributed by atoms with Crippen molar-refractivity contribution in [3.8, 4) is 0 Å². The summed E-state index contributed by atoms with van der Waals surface area (Å²) in [6.07, 6.45) is 3.15. The summed E-state index contributed by atoms with van der Waals surface area (Å²) in [5.41, 5.74) is 3.61. The molecule has 0 radical (unpaired) electrons. The molecule has 4 rings (SSSR count). The standard InChI is InChI=1S/C14H11N7O/c22-14(9-4-5-21-12(6-9)16-8-17-21)15-7-10-2-1-3-11-13(10)19-20-18-11/h1-6,8H,7H2,(H,15,22)(H,18,19,20). The molecule has 0 bridgehead atoms. The van der Waals surface area contributed by atoms with Crippen LogP contribution >= 0.6 is 0 Å². The van der Waals surface area contributed by atoms with Gasteiger partial charge in [0.05, 0.1) is 0 Å². The number of para-hydroxylation sites is 1. The van der Waals surface area contributed by atoms with E-state index >= 15 is 0 Å². The number of carbonyl (C=O) groups is 1. The van der Waals surface area contributed by atoms with Gasteiger partial charge in [0, 0.05) is 23.9 Å². The van der Waals surface area contributed by atoms with Gasteiger partial charge in [0.25, 0.3) is 5.91 Å². The van der Waals surface area contributed by atoms with Gasteiger partial charge < -0.3 is 5.32 Å². The smallest absolute Gasteiger partial charge is 0.251 e. The van der Waals surface area contributed by atoms with Gasteiger partial charge in [-0.15, -0.1) is 0 Å². The number of amides is 1. The lowest BCUT2D eigenvalue weighted by Gasteiger charge is -2.06. The molecule has 0 aliphatic rings. The minimum Gasteiger partial charge on any atom is -0.348 e. The van der Waals surface area contributed by atoms with Gasteiger partial charge in [0.1, 0.15) is 17.4 Å². The van der Waals surface area contributed by atoms with Crippen LogP contribution in [0, 0.1) is 0 Å². The van der Waals surface area contributed by atoms with Gasteiger partial charge in [-0.05, 0) is 18.2 Å². The van der Waals surface area contributed by atoms with Crippen molar-refractivity contribution in [1.82, 2.24) is 35.3 Å². The topological polar surface area (TPSA) is 101 Å². The van der Waals surface area contributed by atoms with Gasteiger partial charge in [-0.1, -0.05) is 12.1 Å². The molecule has 0 atom stereocenters. The first kappa shape index (κ1) is 12.5. The summed E-state index contributed by atoms with van der Waals surface area (Å²) in [4.78, 5) is 16.3. The third-order valence-electron chi connectivity index (χ3n) is 3.41. The Morgan fingerprint density at radius 2 is 2.23 bits per heavy atom. The number of benzene rings is 1. The first-order valence-corrected chi connectivity index (χ1v) is 6.67. The normalized spacial score (nSPS) is 11.1. The lowest BCUT2D eigenvalue weighted by molar-refractivity contribution is 0.0951. The van der Waals surface area contributed by atoms with Crippen molar-refractivity contribution < 1.29 is 4.79 Å². The summed E-state index contributed by atoms with van der Waals surface area (Å²) in [7, 11) is 0. The highest BCUT2D eigenvalue weighted by molar-refractivity contribution is 5.95. The van der Waals surface area contributed by atoms with Gasteiger partial charge in [-0.25, -0.2) is 9.50 Å². The maximum atomic E-state index is 12.2.